The van der Waals surface area contributed by atoms with Gasteiger partial charge in [-0.2, -0.15) is 0 Å². The highest BCUT2D eigenvalue weighted by atomic mass is 16.5. The zero-order chi connectivity index (χ0) is 16.6. The molecule has 4 nitrogen and oxygen atoms in total. The van der Waals surface area contributed by atoms with Gasteiger partial charge >= 0.3 is 0 Å². The fourth-order valence-electron chi connectivity index (χ4n) is 2.72. The van der Waals surface area contributed by atoms with Crippen molar-refractivity contribution in [2.45, 2.75) is 13.5 Å². The molecule has 0 amide bonds. The second-order valence-corrected chi connectivity index (χ2v) is 6.15. The van der Waals surface area contributed by atoms with Crippen molar-refractivity contribution >= 4 is 6.08 Å². The van der Waals surface area contributed by atoms with Gasteiger partial charge < -0.3 is 10.1 Å². The molecule has 4 heteroatoms. The molecular weight excluding hydrogens is 298 g/mol. The average molecular weight is 323 g/mol. The zero-order valence-electron chi connectivity index (χ0n) is 14.2. The van der Waals surface area contributed by atoms with E-state index in [1.54, 1.807) is 0 Å². The Labute approximate surface area is 144 Å². The number of nitrogens with zero attached hydrogens (tertiary/aromatic N) is 2. The Hall–Kier alpha value is -2.17. The van der Waals surface area contributed by atoms with Crippen molar-refractivity contribution in [2.75, 3.05) is 32.8 Å². The van der Waals surface area contributed by atoms with Crippen LogP contribution in [-0.2, 0) is 6.54 Å². The van der Waals surface area contributed by atoms with E-state index >= 15 is 0 Å². The molecule has 1 saturated heterocycles. The van der Waals surface area contributed by atoms with Gasteiger partial charge in [-0.05, 0) is 29.7 Å². The van der Waals surface area contributed by atoms with Crippen LogP contribution in [0.1, 0.15) is 16.7 Å². The Morgan fingerprint density at radius 1 is 1.12 bits per heavy atom. The van der Waals surface area contributed by atoms with E-state index in [1.807, 2.05) is 31.3 Å². The van der Waals surface area contributed by atoms with E-state index in [4.69, 9.17) is 4.74 Å². The summed E-state index contributed by atoms with van der Waals surface area (Å²) in [7, 11) is 0. The Balaban J connectivity index is 1.45. The maximum absolute atomic E-state index is 5.60. The summed E-state index contributed by atoms with van der Waals surface area (Å²) in [6.45, 7) is 8.03. The Morgan fingerprint density at radius 2 is 1.92 bits per heavy atom. The first-order valence-electron chi connectivity index (χ1n) is 8.53. The molecule has 0 atom stereocenters. The number of hydrogen-bond donors (Lipinski definition) is 1. The molecule has 0 bridgehead atoms. The number of hydrogen-bond acceptors (Lipinski definition) is 4. The molecule has 0 saturated carbocycles. The normalized spacial score (nSPS) is 15.7. The summed E-state index contributed by atoms with van der Waals surface area (Å²) >= 11 is 0. The van der Waals surface area contributed by atoms with E-state index in [9.17, 15) is 0 Å². The maximum Gasteiger partial charge on any atom is 0.213 e. The molecule has 0 radical (unpaired) electrons. The van der Waals surface area contributed by atoms with Crippen LogP contribution < -0.4 is 10.1 Å². The van der Waals surface area contributed by atoms with Crippen molar-refractivity contribution in [1.82, 2.24) is 15.2 Å². The predicted octanol–water partition coefficient (Wildman–Crippen LogP) is 2.89. The van der Waals surface area contributed by atoms with Gasteiger partial charge in [-0.25, -0.2) is 4.98 Å². The van der Waals surface area contributed by atoms with Crippen molar-refractivity contribution in [2.24, 2.45) is 0 Å². The largest absolute Gasteiger partial charge is 0.473 e. The third-order valence-electron chi connectivity index (χ3n) is 4.12. The lowest BCUT2D eigenvalue weighted by molar-refractivity contribution is 0.233. The van der Waals surface area contributed by atoms with Crippen LogP contribution in [-0.4, -0.2) is 42.7 Å². The van der Waals surface area contributed by atoms with Crippen LogP contribution >= 0.6 is 0 Å². The van der Waals surface area contributed by atoms with Crippen molar-refractivity contribution in [3.05, 3.63) is 65.4 Å². The Bertz CT molecular complexity index is 644. The smallest absolute Gasteiger partial charge is 0.213 e. The predicted molar refractivity (Wildman–Crippen MR) is 98.1 cm³/mol. The molecule has 0 aliphatic carbocycles. The van der Waals surface area contributed by atoms with Gasteiger partial charge in [0, 0.05) is 45.0 Å². The fraction of sp³-hybridized carbons (Fsp3) is 0.350. The summed E-state index contributed by atoms with van der Waals surface area (Å²) in [6.07, 6.45) is 5.92. The molecule has 1 aromatic carbocycles. The van der Waals surface area contributed by atoms with E-state index < -0.39 is 0 Å². The van der Waals surface area contributed by atoms with E-state index in [2.05, 4.69) is 45.5 Å². The monoisotopic (exact) mass is 323 g/mol. The molecule has 24 heavy (non-hydrogen) atoms. The van der Waals surface area contributed by atoms with Gasteiger partial charge in [0.05, 0.1) is 0 Å². The zero-order valence-corrected chi connectivity index (χ0v) is 14.2. The summed E-state index contributed by atoms with van der Waals surface area (Å²) in [5.74, 6) is 0.664. The van der Waals surface area contributed by atoms with Crippen molar-refractivity contribution in [3.8, 4) is 5.88 Å². The molecule has 1 aliphatic heterocycles. The average Bonchev–Trinajstić information content (AvgIpc) is 2.62. The van der Waals surface area contributed by atoms with Gasteiger partial charge in [-0.15, -0.1) is 0 Å². The minimum absolute atomic E-state index is 0.526. The lowest BCUT2D eigenvalue weighted by Crippen LogP contribution is -2.42. The number of pyridine rings is 1. The van der Waals surface area contributed by atoms with Crippen LogP contribution in [0.3, 0.4) is 0 Å². The quantitative estimate of drug-likeness (QED) is 0.887. The second-order valence-electron chi connectivity index (χ2n) is 6.15. The van der Waals surface area contributed by atoms with Crippen LogP contribution in [0.5, 0.6) is 5.88 Å². The fourth-order valence-corrected chi connectivity index (χ4v) is 2.72. The Morgan fingerprint density at radius 3 is 2.62 bits per heavy atom. The first kappa shape index (κ1) is 16.7. The molecule has 3 rings (SSSR count). The van der Waals surface area contributed by atoms with E-state index in [0.29, 0.717) is 12.5 Å². The Kier molecular flexibility index (Phi) is 5.99. The van der Waals surface area contributed by atoms with E-state index in [0.717, 1.165) is 38.3 Å². The molecule has 1 fully saturated rings. The highest BCUT2D eigenvalue weighted by Gasteiger charge is 2.09. The molecular formula is C20H25N3O. The second kappa shape index (κ2) is 8.62. The van der Waals surface area contributed by atoms with Gasteiger partial charge in [-0.1, -0.05) is 36.4 Å². The van der Waals surface area contributed by atoms with Crippen molar-refractivity contribution in [1.29, 1.82) is 0 Å². The number of ether oxygens (including phenoxy) is 1. The maximum atomic E-state index is 5.60. The van der Waals surface area contributed by atoms with Gasteiger partial charge in [0.2, 0.25) is 5.88 Å². The third kappa shape index (κ3) is 5.18. The first-order chi connectivity index (χ1) is 11.8. The number of aromatic nitrogens is 1. The van der Waals surface area contributed by atoms with Gasteiger partial charge in [-0.3, -0.25) is 4.90 Å². The molecule has 2 heterocycles. The minimum Gasteiger partial charge on any atom is -0.473 e. The van der Waals surface area contributed by atoms with Crippen LogP contribution in [0.25, 0.3) is 6.08 Å². The first-order valence-corrected chi connectivity index (χ1v) is 8.53. The standard InChI is InChI=1S/C20H25N3O/c1-17-4-9-20(22-15-17)24-14-2-3-18-5-7-19(8-6-18)16-23-12-10-21-11-13-23/h2-9,15,21H,10-14,16H2,1H3. The van der Waals surface area contributed by atoms with Crippen LogP contribution in [0, 0.1) is 6.92 Å². The van der Waals surface area contributed by atoms with Gasteiger partial charge in [0.1, 0.15) is 6.61 Å². The summed E-state index contributed by atoms with van der Waals surface area (Å²) in [5.41, 5.74) is 3.70. The molecule has 1 aliphatic rings. The molecule has 2 aromatic rings. The molecule has 126 valence electrons. The van der Waals surface area contributed by atoms with E-state index in [-0.39, 0.29) is 0 Å². The molecule has 0 unspecified atom stereocenters. The third-order valence-corrected chi connectivity index (χ3v) is 4.12. The number of piperazine rings is 1. The number of benzene rings is 1. The van der Waals surface area contributed by atoms with Gasteiger partial charge in [0.25, 0.3) is 0 Å². The van der Waals surface area contributed by atoms with Gasteiger partial charge in [0.15, 0.2) is 0 Å². The summed E-state index contributed by atoms with van der Waals surface area (Å²) in [5, 5.41) is 3.39. The number of nitrogens with one attached hydrogen (secondary N) is 1. The number of aryl methyl sites for hydroxylation is 1. The van der Waals surface area contributed by atoms with Crippen LogP contribution in [0.4, 0.5) is 0 Å². The topological polar surface area (TPSA) is 37.4 Å². The number of rotatable bonds is 6. The highest BCUT2D eigenvalue weighted by molar-refractivity contribution is 5.49. The molecule has 1 aromatic heterocycles. The summed E-state index contributed by atoms with van der Waals surface area (Å²) in [6, 6.07) is 12.7. The van der Waals surface area contributed by atoms with Crippen LogP contribution in [0.2, 0.25) is 0 Å². The molecule has 1 N–H and O–H groups in total. The highest BCUT2D eigenvalue weighted by Crippen LogP contribution is 2.10. The van der Waals surface area contributed by atoms with Crippen LogP contribution in [0.15, 0.2) is 48.7 Å². The minimum atomic E-state index is 0.526. The lowest BCUT2D eigenvalue weighted by Gasteiger charge is -2.27. The summed E-state index contributed by atoms with van der Waals surface area (Å²) in [4.78, 5) is 6.71. The van der Waals surface area contributed by atoms with Crippen molar-refractivity contribution < 1.29 is 4.74 Å². The van der Waals surface area contributed by atoms with E-state index in [1.165, 1.54) is 11.1 Å². The summed E-state index contributed by atoms with van der Waals surface area (Å²) < 4.78 is 5.60. The lowest BCUT2D eigenvalue weighted by atomic mass is 10.1. The SMILES string of the molecule is Cc1ccc(OCC=Cc2ccc(CN3CCNCC3)cc2)nc1. The van der Waals surface area contributed by atoms with Crippen molar-refractivity contribution in [3.63, 3.8) is 0 Å². The molecule has 0 spiro atoms.